The van der Waals surface area contributed by atoms with Crippen LogP contribution in [-0.2, 0) is 16.6 Å². The Balaban J connectivity index is 1.63. The topological polar surface area (TPSA) is 89.4 Å². The molecule has 1 aliphatic heterocycles. The zero-order chi connectivity index (χ0) is 23.0. The normalized spacial score (nSPS) is 15.7. The van der Waals surface area contributed by atoms with E-state index in [0.717, 1.165) is 5.56 Å². The van der Waals surface area contributed by atoms with Crippen molar-refractivity contribution in [1.29, 1.82) is 0 Å². The van der Waals surface area contributed by atoms with Gasteiger partial charge in [-0.1, -0.05) is 36.0 Å². The Bertz CT molecular complexity index is 1190. The summed E-state index contributed by atoms with van der Waals surface area (Å²) in [4.78, 5) is 27.8. The maximum absolute atomic E-state index is 13.6. The molecule has 1 N–H and O–H groups in total. The number of ether oxygens (including phenoxy) is 1. The molecule has 0 spiro atoms. The molecule has 0 fully saturated rings. The van der Waals surface area contributed by atoms with Gasteiger partial charge in [-0.3, -0.25) is 14.5 Å². The van der Waals surface area contributed by atoms with Gasteiger partial charge in [0.15, 0.2) is 11.0 Å². The number of benzene rings is 2. The molecule has 0 bridgehead atoms. The lowest BCUT2D eigenvalue weighted by Crippen LogP contribution is -2.60. The lowest BCUT2D eigenvalue weighted by atomic mass is 9.96. The Morgan fingerprint density at radius 1 is 1.12 bits per heavy atom. The van der Waals surface area contributed by atoms with E-state index in [9.17, 15) is 9.59 Å². The highest BCUT2D eigenvalue weighted by atomic mass is 32.2. The van der Waals surface area contributed by atoms with Crippen LogP contribution in [0, 0.1) is 0 Å². The number of thioether (sulfide) groups is 1. The van der Waals surface area contributed by atoms with Crippen LogP contribution in [0.25, 0.3) is 11.4 Å². The number of fused-ring (bicyclic) bond motifs is 1. The molecule has 32 heavy (non-hydrogen) atoms. The number of para-hydroxylation sites is 3. The molecule has 0 aliphatic carbocycles. The van der Waals surface area contributed by atoms with Gasteiger partial charge in [-0.2, -0.15) is 0 Å². The number of hydrogen-bond donors (Lipinski definition) is 1. The first kappa shape index (κ1) is 21.9. The van der Waals surface area contributed by atoms with Crippen molar-refractivity contribution >= 4 is 35.0 Å². The summed E-state index contributed by atoms with van der Waals surface area (Å²) in [5.74, 6) is 0.942. The Hall–Kier alpha value is -3.33. The number of aromatic nitrogens is 3. The fourth-order valence-electron chi connectivity index (χ4n) is 3.72. The summed E-state index contributed by atoms with van der Waals surface area (Å²) in [5, 5.41) is 11.6. The Kier molecular flexibility index (Phi) is 5.68. The summed E-state index contributed by atoms with van der Waals surface area (Å²) in [6.07, 6.45) is 0. The van der Waals surface area contributed by atoms with E-state index >= 15 is 0 Å². The second-order valence-corrected chi connectivity index (χ2v) is 9.34. The van der Waals surface area contributed by atoms with Crippen molar-refractivity contribution in [2.24, 2.45) is 7.05 Å². The van der Waals surface area contributed by atoms with Gasteiger partial charge in [-0.05, 0) is 45.0 Å². The Morgan fingerprint density at radius 2 is 1.81 bits per heavy atom. The number of nitrogens with zero attached hydrogens (tertiary/aromatic N) is 4. The van der Waals surface area contributed by atoms with Crippen LogP contribution in [0.3, 0.4) is 0 Å². The summed E-state index contributed by atoms with van der Waals surface area (Å²) in [6, 6.07) is 14.9. The van der Waals surface area contributed by atoms with Gasteiger partial charge < -0.3 is 14.6 Å². The molecular formula is C23H25N5O3S. The van der Waals surface area contributed by atoms with E-state index in [1.807, 2.05) is 61.0 Å². The third-order valence-corrected chi connectivity index (χ3v) is 6.66. The fraction of sp³-hybridized carbons (Fsp3) is 0.304. The van der Waals surface area contributed by atoms with Gasteiger partial charge in [-0.25, -0.2) is 0 Å². The Labute approximate surface area is 191 Å². The monoisotopic (exact) mass is 451 g/mol. The minimum absolute atomic E-state index is 0.177. The van der Waals surface area contributed by atoms with Crippen LogP contribution in [-0.4, -0.2) is 44.5 Å². The van der Waals surface area contributed by atoms with E-state index < -0.39 is 10.8 Å². The number of carbonyl (C=O) groups is 2. The molecule has 2 aromatic carbocycles. The average Bonchev–Trinajstić information content (AvgIpc) is 3.13. The molecule has 1 aliphatic rings. The number of anilines is 2. The molecule has 0 saturated heterocycles. The molecule has 1 unspecified atom stereocenters. The van der Waals surface area contributed by atoms with Crippen LogP contribution >= 0.6 is 11.8 Å². The summed E-state index contributed by atoms with van der Waals surface area (Å²) in [6.45, 7) is 5.31. The summed E-state index contributed by atoms with van der Waals surface area (Å²) < 4.78 is 7.28. The quantitative estimate of drug-likeness (QED) is 0.595. The molecule has 1 atom stereocenters. The summed E-state index contributed by atoms with van der Waals surface area (Å²) >= 11 is 1.30. The molecule has 166 valence electrons. The molecule has 0 radical (unpaired) electrons. The molecule has 9 heteroatoms. The number of hydrogen-bond acceptors (Lipinski definition) is 6. The van der Waals surface area contributed by atoms with Crippen molar-refractivity contribution in [3.63, 3.8) is 0 Å². The van der Waals surface area contributed by atoms with Crippen molar-refractivity contribution in [2.75, 3.05) is 17.3 Å². The molecule has 8 nitrogen and oxygen atoms in total. The molecule has 0 saturated carbocycles. The third-order valence-electron chi connectivity index (χ3n) is 5.54. The van der Waals surface area contributed by atoms with Gasteiger partial charge in [-0.15, -0.1) is 10.2 Å². The molecule has 2 heterocycles. The molecule has 3 aromatic rings. The van der Waals surface area contributed by atoms with Crippen molar-refractivity contribution < 1.29 is 14.3 Å². The van der Waals surface area contributed by atoms with Crippen LogP contribution in [0.15, 0.2) is 53.7 Å². The van der Waals surface area contributed by atoms with Gasteiger partial charge in [0.1, 0.15) is 11.3 Å². The smallest absolute Gasteiger partial charge is 0.250 e. The van der Waals surface area contributed by atoms with Crippen molar-refractivity contribution in [1.82, 2.24) is 14.8 Å². The molecule has 2 amide bonds. The van der Waals surface area contributed by atoms with Crippen LogP contribution in [0.2, 0.25) is 0 Å². The van der Waals surface area contributed by atoms with E-state index in [4.69, 9.17) is 4.74 Å². The van der Waals surface area contributed by atoms with Gasteiger partial charge in [0.05, 0.1) is 29.3 Å². The maximum Gasteiger partial charge on any atom is 0.250 e. The van der Waals surface area contributed by atoms with Crippen molar-refractivity contribution in [3.8, 4) is 17.1 Å². The minimum atomic E-state index is -1.03. The number of nitrogens with one attached hydrogen (secondary N) is 1. The maximum atomic E-state index is 13.6. The van der Waals surface area contributed by atoms with E-state index in [1.54, 1.807) is 31.9 Å². The van der Waals surface area contributed by atoms with Crippen molar-refractivity contribution in [3.05, 3.63) is 48.5 Å². The largest absolute Gasteiger partial charge is 0.496 e. The van der Waals surface area contributed by atoms with E-state index in [2.05, 4.69) is 15.5 Å². The number of rotatable bonds is 5. The predicted octanol–water partition coefficient (Wildman–Crippen LogP) is 3.74. The SMILES string of the molecule is COc1ccccc1-c1nnc(SC(C)C(=O)N2c3ccccc3NC(=O)C2(C)C)n1C. The Morgan fingerprint density at radius 3 is 2.56 bits per heavy atom. The van der Waals surface area contributed by atoms with Crippen LogP contribution < -0.4 is 15.0 Å². The first-order valence-corrected chi connectivity index (χ1v) is 11.1. The van der Waals surface area contributed by atoms with E-state index in [1.165, 1.54) is 11.8 Å². The second kappa shape index (κ2) is 8.31. The number of amides is 2. The minimum Gasteiger partial charge on any atom is -0.496 e. The first-order chi connectivity index (χ1) is 15.3. The van der Waals surface area contributed by atoms with Crippen LogP contribution in [0.5, 0.6) is 5.75 Å². The lowest BCUT2D eigenvalue weighted by Gasteiger charge is -2.43. The van der Waals surface area contributed by atoms with Gasteiger partial charge in [0, 0.05) is 7.05 Å². The third kappa shape index (κ3) is 3.62. The number of carbonyl (C=O) groups excluding carboxylic acids is 2. The molecular weight excluding hydrogens is 426 g/mol. The highest BCUT2D eigenvalue weighted by Crippen LogP contribution is 2.39. The average molecular weight is 452 g/mol. The zero-order valence-electron chi connectivity index (χ0n) is 18.6. The fourth-order valence-corrected chi connectivity index (χ4v) is 4.57. The van der Waals surface area contributed by atoms with Gasteiger partial charge >= 0.3 is 0 Å². The van der Waals surface area contributed by atoms with Crippen LogP contribution in [0.4, 0.5) is 11.4 Å². The summed E-state index contributed by atoms with van der Waals surface area (Å²) in [5.41, 5.74) is 1.10. The zero-order valence-corrected chi connectivity index (χ0v) is 19.4. The predicted molar refractivity (Wildman–Crippen MR) is 125 cm³/mol. The van der Waals surface area contributed by atoms with Gasteiger partial charge in [0.2, 0.25) is 11.8 Å². The standard InChI is InChI=1S/C23H25N5O3S/c1-14(20(29)28-17-12-8-7-11-16(17)24-21(30)23(28,2)3)32-22-26-25-19(27(22)4)15-10-6-9-13-18(15)31-5/h6-14H,1-5H3,(H,24,30). The van der Waals surface area contributed by atoms with Crippen molar-refractivity contribution in [2.45, 2.75) is 36.7 Å². The second-order valence-electron chi connectivity index (χ2n) is 8.03. The summed E-state index contributed by atoms with van der Waals surface area (Å²) in [7, 11) is 3.47. The highest BCUT2D eigenvalue weighted by Gasteiger charge is 2.45. The molecule has 4 rings (SSSR count). The van der Waals surface area contributed by atoms with E-state index in [0.29, 0.717) is 28.1 Å². The van der Waals surface area contributed by atoms with Crippen LogP contribution in [0.1, 0.15) is 20.8 Å². The lowest BCUT2D eigenvalue weighted by molar-refractivity contribution is -0.126. The van der Waals surface area contributed by atoms with Gasteiger partial charge in [0.25, 0.3) is 0 Å². The molecule has 1 aromatic heterocycles. The van der Waals surface area contributed by atoms with E-state index in [-0.39, 0.29) is 11.8 Å². The highest BCUT2D eigenvalue weighted by molar-refractivity contribution is 8.00. The first-order valence-electron chi connectivity index (χ1n) is 10.2. The number of methoxy groups -OCH3 is 1.